The van der Waals surface area contributed by atoms with Gasteiger partial charge in [-0.1, -0.05) is 30.3 Å². The number of hydrogen-bond donors (Lipinski definition) is 2. The first kappa shape index (κ1) is 16.6. The zero-order valence-corrected chi connectivity index (χ0v) is 13.2. The molecule has 0 aromatic heterocycles. The fourth-order valence-electron chi connectivity index (χ4n) is 2.63. The third-order valence-electron chi connectivity index (χ3n) is 3.77. The minimum atomic E-state index is -0.0225. The van der Waals surface area contributed by atoms with Gasteiger partial charge in [0.1, 0.15) is 12.4 Å². The lowest BCUT2D eigenvalue weighted by Gasteiger charge is -2.12. The van der Waals surface area contributed by atoms with E-state index >= 15 is 0 Å². The average Bonchev–Trinajstić information content (AvgIpc) is 3.06. The number of amides is 1. The van der Waals surface area contributed by atoms with Crippen LogP contribution in [0.15, 0.2) is 42.5 Å². The van der Waals surface area contributed by atoms with Crippen LogP contribution in [-0.4, -0.2) is 31.6 Å². The van der Waals surface area contributed by atoms with Crippen LogP contribution in [0.2, 0.25) is 0 Å². The van der Waals surface area contributed by atoms with Gasteiger partial charge in [-0.05, 0) is 42.3 Å². The monoisotopic (exact) mass is 320 g/mol. The molecule has 1 aliphatic rings. The largest absolute Gasteiger partial charge is 0.492 e. The summed E-state index contributed by atoms with van der Waals surface area (Å²) < 4.78 is 5.69. The molecule has 1 amide bonds. The Bertz CT molecular complexity index is 627. The second kappa shape index (κ2) is 8.01. The standard InChI is InChI=1S/C17H20N2O2.ClH/c20-17(16-6-3-9-18-16)19-10-11-21-15-8-7-13-4-1-2-5-14(13)12-15;/h1-2,4-5,7-8,12,16,18H,3,6,9-11H2,(H,19,20);1H. The minimum absolute atomic E-state index is 0. The van der Waals surface area contributed by atoms with Gasteiger partial charge in [-0.25, -0.2) is 0 Å². The van der Waals surface area contributed by atoms with Crippen molar-refractivity contribution in [3.05, 3.63) is 42.5 Å². The van der Waals surface area contributed by atoms with E-state index in [0.717, 1.165) is 30.5 Å². The van der Waals surface area contributed by atoms with Crippen LogP contribution in [0.5, 0.6) is 5.75 Å². The van der Waals surface area contributed by atoms with Crippen LogP contribution in [0, 0.1) is 0 Å². The van der Waals surface area contributed by atoms with Gasteiger partial charge in [0.2, 0.25) is 5.91 Å². The molecule has 1 aliphatic heterocycles. The first-order valence-corrected chi connectivity index (χ1v) is 7.46. The molecule has 22 heavy (non-hydrogen) atoms. The molecule has 118 valence electrons. The highest BCUT2D eigenvalue weighted by atomic mass is 35.5. The normalized spacial score (nSPS) is 17.0. The summed E-state index contributed by atoms with van der Waals surface area (Å²) in [4.78, 5) is 11.8. The van der Waals surface area contributed by atoms with E-state index < -0.39 is 0 Å². The highest BCUT2D eigenvalue weighted by molar-refractivity contribution is 5.85. The summed E-state index contributed by atoms with van der Waals surface area (Å²) >= 11 is 0. The first-order valence-electron chi connectivity index (χ1n) is 7.46. The maximum atomic E-state index is 11.8. The van der Waals surface area contributed by atoms with Crippen LogP contribution >= 0.6 is 12.4 Å². The average molecular weight is 321 g/mol. The molecule has 1 unspecified atom stereocenters. The maximum Gasteiger partial charge on any atom is 0.237 e. The van der Waals surface area contributed by atoms with Gasteiger partial charge in [0, 0.05) is 0 Å². The van der Waals surface area contributed by atoms with Crippen molar-refractivity contribution in [3.8, 4) is 5.75 Å². The number of ether oxygens (including phenoxy) is 1. The van der Waals surface area contributed by atoms with Crippen molar-refractivity contribution in [2.24, 2.45) is 0 Å². The Kier molecular flexibility index (Phi) is 6.04. The third kappa shape index (κ3) is 4.12. The molecule has 0 saturated carbocycles. The van der Waals surface area contributed by atoms with E-state index in [1.807, 2.05) is 30.3 Å². The van der Waals surface area contributed by atoms with Crippen molar-refractivity contribution in [1.29, 1.82) is 0 Å². The van der Waals surface area contributed by atoms with E-state index in [1.165, 1.54) is 5.39 Å². The van der Waals surface area contributed by atoms with Gasteiger partial charge in [0.15, 0.2) is 0 Å². The molecule has 0 aliphatic carbocycles. The van der Waals surface area contributed by atoms with Crippen LogP contribution in [0.1, 0.15) is 12.8 Å². The zero-order valence-electron chi connectivity index (χ0n) is 12.4. The Morgan fingerprint density at radius 2 is 2.05 bits per heavy atom. The van der Waals surface area contributed by atoms with Gasteiger partial charge in [0.05, 0.1) is 12.6 Å². The Balaban J connectivity index is 0.00000176. The Morgan fingerprint density at radius 3 is 2.82 bits per heavy atom. The summed E-state index contributed by atoms with van der Waals surface area (Å²) in [6, 6.07) is 14.2. The second-order valence-corrected chi connectivity index (χ2v) is 5.30. The summed E-state index contributed by atoms with van der Waals surface area (Å²) in [5, 5.41) is 8.45. The quantitative estimate of drug-likeness (QED) is 0.832. The Hall–Kier alpha value is -1.78. The van der Waals surface area contributed by atoms with Crippen LogP contribution < -0.4 is 15.4 Å². The number of rotatable bonds is 5. The minimum Gasteiger partial charge on any atom is -0.492 e. The van der Waals surface area contributed by atoms with Gasteiger partial charge < -0.3 is 15.4 Å². The van der Waals surface area contributed by atoms with Crippen molar-refractivity contribution >= 4 is 29.1 Å². The molecule has 1 heterocycles. The maximum absolute atomic E-state index is 11.8. The van der Waals surface area contributed by atoms with Gasteiger partial charge in [-0.15, -0.1) is 12.4 Å². The molecule has 5 heteroatoms. The van der Waals surface area contributed by atoms with E-state index in [1.54, 1.807) is 0 Å². The van der Waals surface area contributed by atoms with Gasteiger partial charge in [-0.3, -0.25) is 4.79 Å². The number of hydrogen-bond acceptors (Lipinski definition) is 3. The molecule has 2 aromatic carbocycles. The number of carbonyl (C=O) groups excluding carboxylic acids is 1. The van der Waals surface area contributed by atoms with Crippen molar-refractivity contribution in [2.75, 3.05) is 19.7 Å². The zero-order chi connectivity index (χ0) is 14.5. The smallest absolute Gasteiger partial charge is 0.237 e. The Labute approximate surface area is 136 Å². The number of halogens is 1. The lowest BCUT2D eigenvalue weighted by atomic mass is 10.1. The Morgan fingerprint density at radius 1 is 1.23 bits per heavy atom. The molecule has 1 atom stereocenters. The van der Waals surface area contributed by atoms with E-state index in [2.05, 4.69) is 22.8 Å². The summed E-state index contributed by atoms with van der Waals surface area (Å²) in [5.41, 5.74) is 0. The predicted octanol–water partition coefficient (Wildman–Crippen LogP) is 2.51. The van der Waals surface area contributed by atoms with Crippen LogP contribution in [0.25, 0.3) is 10.8 Å². The lowest BCUT2D eigenvalue weighted by Crippen LogP contribution is -2.41. The van der Waals surface area contributed by atoms with E-state index in [4.69, 9.17) is 4.74 Å². The molecule has 0 spiro atoms. The molecule has 4 nitrogen and oxygen atoms in total. The van der Waals surface area contributed by atoms with Crippen molar-refractivity contribution in [1.82, 2.24) is 10.6 Å². The molecule has 1 fully saturated rings. The molecule has 2 N–H and O–H groups in total. The van der Waals surface area contributed by atoms with E-state index in [-0.39, 0.29) is 24.4 Å². The number of nitrogens with one attached hydrogen (secondary N) is 2. The first-order chi connectivity index (χ1) is 10.3. The summed E-state index contributed by atoms with van der Waals surface area (Å²) in [5.74, 6) is 0.913. The highest BCUT2D eigenvalue weighted by Crippen LogP contribution is 2.20. The van der Waals surface area contributed by atoms with Crippen molar-refractivity contribution in [3.63, 3.8) is 0 Å². The molecule has 0 bridgehead atoms. The molecular weight excluding hydrogens is 300 g/mol. The molecule has 1 saturated heterocycles. The third-order valence-corrected chi connectivity index (χ3v) is 3.77. The summed E-state index contributed by atoms with van der Waals surface area (Å²) in [6.45, 7) is 1.95. The van der Waals surface area contributed by atoms with Crippen molar-refractivity contribution in [2.45, 2.75) is 18.9 Å². The molecular formula is C17H21ClN2O2. The van der Waals surface area contributed by atoms with Gasteiger partial charge in [-0.2, -0.15) is 0 Å². The lowest BCUT2D eigenvalue weighted by molar-refractivity contribution is -0.122. The summed E-state index contributed by atoms with van der Waals surface area (Å²) in [7, 11) is 0. The SMILES string of the molecule is Cl.O=C(NCCOc1ccc2ccccc2c1)C1CCCN1. The number of benzene rings is 2. The topological polar surface area (TPSA) is 50.4 Å². The van der Waals surface area contributed by atoms with Gasteiger partial charge >= 0.3 is 0 Å². The number of carbonyl (C=O) groups is 1. The number of fused-ring (bicyclic) bond motifs is 1. The fraction of sp³-hybridized carbons (Fsp3) is 0.353. The fourth-order valence-corrected chi connectivity index (χ4v) is 2.63. The summed E-state index contributed by atoms with van der Waals surface area (Å²) in [6.07, 6.45) is 2.00. The highest BCUT2D eigenvalue weighted by Gasteiger charge is 2.21. The molecule has 2 aromatic rings. The molecule has 3 rings (SSSR count). The van der Waals surface area contributed by atoms with Crippen LogP contribution in [0.4, 0.5) is 0 Å². The van der Waals surface area contributed by atoms with E-state index in [0.29, 0.717) is 13.2 Å². The van der Waals surface area contributed by atoms with Crippen LogP contribution in [0.3, 0.4) is 0 Å². The van der Waals surface area contributed by atoms with Crippen molar-refractivity contribution < 1.29 is 9.53 Å². The molecule has 0 radical (unpaired) electrons. The second-order valence-electron chi connectivity index (χ2n) is 5.30. The van der Waals surface area contributed by atoms with Gasteiger partial charge in [0.25, 0.3) is 0 Å². The van der Waals surface area contributed by atoms with E-state index in [9.17, 15) is 4.79 Å². The van der Waals surface area contributed by atoms with Crippen LogP contribution in [-0.2, 0) is 4.79 Å². The predicted molar refractivity (Wildman–Crippen MR) is 90.7 cm³/mol.